The van der Waals surface area contributed by atoms with E-state index in [1.165, 1.54) is 173 Å². The number of carboxylic acid groups (broad SMARTS) is 1. The molecular weight excluding hydrogens is 1250 g/mol. The topological polar surface area (TPSA) is 373 Å². The molecule has 0 aromatic rings. The van der Waals surface area contributed by atoms with E-state index in [4.69, 9.17) is 28.4 Å². The first-order chi connectivity index (χ1) is 46.9. The lowest BCUT2D eigenvalue weighted by atomic mass is 9.88. The van der Waals surface area contributed by atoms with Crippen molar-refractivity contribution in [2.24, 2.45) is 0 Å². The predicted octanol–water partition coefficient (Wildman–Crippen LogP) is 9.02. The second-order valence-corrected chi connectivity index (χ2v) is 28.2. The average Bonchev–Trinajstić information content (AvgIpc) is 0.757. The summed E-state index contributed by atoms with van der Waals surface area (Å²) in [5.41, 5.74) is 0. The second kappa shape index (κ2) is 54.2. The molecular formula is C74H138N2O21. The fourth-order valence-electron chi connectivity index (χ4n) is 13.6. The molecule has 0 spiro atoms. The standard InChI is InChI=1S/C74H138N2O21/c1-4-6-8-10-12-14-16-18-20-22-24-26-28-30-32-34-36-38-40-42-44-46-48-61(84)76-55(56(81)47-45-43-41-39-37-35-33-31-29-27-25-23-21-19-17-15-13-11-9-7-5-2)53-92-71-66(88)65(87)68(60(52-79)94-71)95-72-67(89)70(64(86)59(51-78)93-72)97-74(73(90)91)49-57(82)62(75-54(3)80)69(96-74)63(85)58(83)50-77/h28,30,55-60,62-72,77-79,81-83,85-89H,4-27,29,31-53H2,1-3H3,(H,75,80)(H,76,84)(H,90,91)/b30-28-. The van der Waals surface area contributed by atoms with Gasteiger partial charge in [-0.2, -0.15) is 0 Å². The minimum Gasteiger partial charge on any atom is -0.477 e. The third-order valence-electron chi connectivity index (χ3n) is 19.7. The van der Waals surface area contributed by atoms with E-state index in [-0.39, 0.29) is 18.9 Å². The smallest absolute Gasteiger partial charge is 0.364 e. The van der Waals surface area contributed by atoms with Crippen molar-refractivity contribution >= 4 is 17.8 Å². The first-order valence-corrected chi connectivity index (χ1v) is 38.5. The zero-order valence-electron chi connectivity index (χ0n) is 60.0. The Bertz CT molecular complexity index is 2000. The third-order valence-corrected chi connectivity index (χ3v) is 19.7. The van der Waals surface area contributed by atoms with Crippen LogP contribution in [0.15, 0.2) is 12.2 Å². The number of rotatable bonds is 60. The third kappa shape index (κ3) is 35.5. The summed E-state index contributed by atoms with van der Waals surface area (Å²) in [6.07, 6.45) is 26.3. The highest BCUT2D eigenvalue weighted by Crippen LogP contribution is 2.39. The van der Waals surface area contributed by atoms with Crippen LogP contribution < -0.4 is 10.6 Å². The highest BCUT2D eigenvalue weighted by Gasteiger charge is 2.60. The van der Waals surface area contributed by atoms with Gasteiger partial charge in [0.25, 0.3) is 5.79 Å². The van der Waals surface area contributed by atoms with E-state index in [1.807, 2.05) is 0 Å². The summed E-state index contributed by atoms with van der Waals surface area (Å²) < 4.78 is 34.9. The maximum Gasteiger partial charge on any atom is 0.364 e. The van der Waals surface area contributed by atoms with E-state index in [9.17, 15) is 75.7 Å². The van der Waals surface area contributed by atoms with Gasteiger partial charge in [0.2, 0.25) is 11.8 Å². The van der Waals surface area contributed by atoms with E-state index in [0.717, 1.165) is 84.0 Å². The molecule has 0 bridgehead atoms. The summed E-state index contributed by atoms with van der Waals surface area (Å²) in [7, 11) is 0. The number of aliphatic carboxylic acids is 1. The Labute approximate surface area is 581 Å². The number of ether oxygens (including phenoxy) is 6. The first kappa shape index (κ1) is 88.7. The van der Waals surface area contributed by atoms with Crippen LogP contribution in [0, 0.1) is 0 Å². The molecule has 0 saturated carbocycles. The Balaban J connectivity index is 1.55. The van der Waals surface area contributed by atoms with Gasteiger partial charge in [0.05, 0.1) is 50.7 Å². The van der Waals surface area contributed by atoms with E-state index >= 15 is 0 Å². The second-order valence-electron chi connectivity index (χ2n) is 28.2. The molecule has 3 aliphatic heterocycles. The number of amides is 2. The Hall–Kier alpha value is -2.53. The van der Waals surface area contributed by atoms with Gasteiger partial charge >= 0.3 is 5.97 Å². The molecule has 18 unspecified atom stereocenters. The zero-order valence-corrected chi connectivity index (χ0v) is 60.0. The van der Waals surface area contributed by atoms with Gasteiger partial charge in [-0.3, -0.25) is 9.59 Å². The quantitative estimate of drug-likeness (QED) is 0.0199. The maximum atomic E-state index is 13.5. The molecule has 3 rings (SSSR count). The van der Waals surface area contributed by atoms with E-state index in [1.54, 1.807) is 0 Å². The van der Waals surface area contributed by atoms with Crippen LogP contribution in [0.5, 0.6) is 0 Å². The molecule has 3 saturated heterocycles. The van der Waals surface area contributed by atoms with E-state index < -0.39 is 148 Å². The fraction of sp³-hybridized carbons (Fsp3) is 0.932. The van der Waals surface area contributed by atoms with Gasteiger partial charge in [0.1, 0.15) is 67.1 Å². The van der Waals surface area contributed by atoms with Gasteiger partial charge in [-0.05, 0) is 38.5 Å². The minimum absolute atomic E-state index is 0.221. The lowest BCUT2D eigenvalue weighted by Crippen LogP contribution is -2.70. The minimum atomic E-state index is -3.08. The van der Waals surface area contributed by atoms with E-state index in [0.29, 0.717) is 19.3 Å². The highest BCUT2D eigenvalue weighted by atomic mass is 16.8. The number of aliphatic hydroxyl groups excluding tert-OH is 11. The van der Waals surface area contributed by atoms with Gasteiger partial charge in [0.15, 0.2) is 12.6 Å². The molecule has 3 aliphatic rings. The molecule has 23 heteroatoms. The molecule has 23 nitrogen and oxygen atoms in total. The Morgan fingerprint density at radius 2 is 0.959 bits per heavy atom. The van der Waals surface area contributed by atoms with Crippen molar-refractivity contribution in [3.63, 3.8) is 0 Å². The van der Waals surface area contributed by atoms with Crippen LogP contribution in [0.4, 0.5) is 0 Å². The molecule has 3 fully saturated rings. The fourth-order valence-corrected chi connectivity index (χ4v) is 13.6. The van der Waals surface area contributed by atoms with Gasteiger partial charge in [-0.1, -0.05) is 257 Å². The summed E-state index contributed by atoms with van der Waals surface area (Å²) in [6, 6.07) is -2.53. The molecule has 97 heavy (non-hydrogen) atoms. The number of nitrogens with one attached hydrogen (secondary N) is 2. The Morgan fingerprint density at radius 3 is 1.39 bits per heavy atom. The van der Waals surface area contributed by atoms with Crippen LogP contribution in [0.25, 0.3) is 0 Å². The maximum absolute atomic E-state index is 13.5. The van der Waals surface area contributed by atoms with Crippen LogP contribution in [-0.4, -0.2) is 215 Å². The van der Waals surface area contributed by atoms with Gasteiger partial charge in [-0.25, -0.2) is 4.79 Å². The van der Waals surface area contributed by atoms with Gasteiger partial charge in [-0.15, -0.1) is 0 Å². The summed E-state index contributed by atoms with van der Waals surface area (Å²) in [5, 5.41) is 136. The molecule has 570 valence electrons. The lowest BCUT2D eigenvalue weighted by molar-refractivity contribution is -0.386. The predicted molar refractivity (Wildman–Crippen MR) is 371 cm³/mol. The summed E-state index contributed by atoms with van der Waals surface area (Å²) in [4.78, 5) is 38.7. The first-order valence-electron chi connectivity index (χ1n) is 38.5. The number of carbonyl (C=O) groups excluding carboxylic acids is 2. The lowest BCUT2D eigenvalue weighted by Gasteiger charge is -2.50. The number of carbonyl (C=O) groups is 3. The summed E-state index contributed by atoms with van der Waals surface area (Å²) in [5.74, 6) is -6.10. The Kier molecular flexibility index (Phi) is 49.5. The van der Waals surface area contributed by atoms with Crippen molar-refractivity contribution in [2.45, 2.75) is 413 Å². The molecule has 0 aromatic heterocycles. The zero-order chi connectivity index (χ0) is 71.1. The van der Waals surface area contributed by atoms with Crippen molar-refractivity contribution in [3.8, 4) is 0 Å². The number of hydrogen-bond acceptors (Lipinski definition) is 20. The average molecular weight is 1390 g/mol. The van der Waals surface area contributed by atoms with Gasteiger partial charge in [0, 0.05) is 19.8 Å². The molecule has 2 amide bonds. The SMILES string of the molecule is CCCCCCCCCCCCC/C=C\CCCCCCCCCC(=O)NC(COC1OC(CO)C(OC2OC(CO)C(O)C(OC3(C(=O)O)CC(O)C(NC(C)=O)C(C(O)C(O)CO)O3)C2O)C(O)C1O)C(O)CCCCCCCCCCCCCCCCCCCCCCC. The Morgan fingerprint density at radius 1 is 0.526 bits per heavy atom. The van der Waals surface area contributed by atoms with Crippen LogP contribution in [0.1, 0.15) is 303 Å². The summed E-state index contributed by atoms with van der Waals surface area (Å²) in [6.45, 7) is 2.25. The number of allylic oxidation sites excluding steroid dienone is 2. The van der Waals surface area contributed by atoms with Crippen molar-refractivity contribution in [3.05, 3.63) is 12.2 Å². The monoisotopic (exact) mass is 1390 g/mol. The molecule has 0 radical (unpaired) electrons. The number of unbranched alkanes of at least 4 members (excludes halogenated alkanes) is 38. The van der Waals surface area contributed by atoms with Crippen LogP contribution in [0.3, 0.4) is 0 Å². The normalized spacial score (nSPS) is 27.4. The van der Waals surface area contributed by atoms with Crippen molar-refractivity contribution in [2.75, 3.05) is 26.4 Å². The molecule has 14 N–H and O–H groups in total. The van der Waals surface area contributed by atoms with Crippen LogP contribution >= 0.6 is 0 Å². The summed E-state index contributed by atoms with van der Waals surface area (Å²) >= 11 is 0. The molecule has 3 heterocycles. The van der Waals surface area contributed by atoms with Crippen molar-refractivity contribution in [1.82, 2.24) is 10.6 Å². The number of carboxylic acids is 1. The van der Waals surface area contributed by atoms with Crippen LogP contribution in [0.2, 0.25) is 0 Å². The van der Waals surface area contributed by atoms with Crippen LogP contribution in [-0.2, 0) is 42.8 Å². The molecule has 0 aliphatic carbocycles. The number of aliphatic hydroxyl groups is 11. The van der Waals surface area contributed by atoms with Crippen molar-refractivity contribution in [1.29, 1.82) is 0 Å². The highest BCUT2D eigenvalue weighted by molar-refractivity contribution is 5.77. The van der Waals surface area contributed by atoms with Gasteiger partial charge < -0.3 is 100 Å². The number of hydrogen-bond donors (Lipinski definition) is 14. The largest absolute Gasteiger partial charge is 0.477 e. The molecule has 0 aromatic carbocycles. The van der Waals surface area contributed by atoms with Crippen molar-refractivity contribution < 1.29 is 104 Å². The van der Waals surface area contributed by atoms with E-state index in [2.05, 4.69) is 36.6 Å². The molecule has 18 atom stereocenters.